The Morgan fingerprint density at radius 1 is 1.21 bits per heavy atom. The summed E-state index contributed by atoms with van der Waals surface area (Å²) in [4.78, 5) is 0. The van der Waals surface area contributed by atoms with Crippen molar-refractivity contribution in [3.05, 3.63) is 23.8 Å². The molecule has 0 aliphatic carbocycles. The highest BCUT2D eigenvalue weighted by molar-refractivity contribution is 5.41. The molecular formula is C11H15NO2. The summed E-state index contributed by atoms with van der Waals surface area (Å²) in [6.45, 7) is 2.05. The highest BCUT2D eigenvalue weighted by atomic mass is 16.3. The maximum Gasteiger partial charge on any atom is 0.157 e. The summed E-state index contributed by atoms with van der Waals surface area (Å²) >= 11 is 0. The molecule has 0 spiro atoms. The second-order valence-electron chi connectivity index (χ2n) is 3.79. The summed E-state index contributed by atoms with van der Waals surface area (Å²) in [6.07, 6.45) is 2.32. The molecule has 1 heterocycles. The average molecular weight is 193 g/mol. The van der Waals surface area contributed by atoms with Crippen molar-refractivity contribution in [2.45, 2.75) is 18.8 Å². The lowest BCUT2D eigenvalue weighted by Crippen LogP contribution is -2.28. The van der Waals surface area contributed by atoms with Crippen molar-refractivity contribution in [2.75, 3.05) is 13.1 Å². The summed E-state index contributed by atoms with van der Waals surface area (Å²) < 4.78 is 0. The normalized spacial score (nSPS) is 22.1. The fraction of sp³-hybridized carbons (Fsp3) is 0.455. The number of hydrogen-bond donors (Lipinski definition) is 3. The number of phenols is 2. The number of phenolic OH excluding ortho intramolecular Hbond substituents is 2. The molecule has 0 amide bonds. The van der Waals surface area contributed by atoms with Gasteiger partial charge in [-0.2, -0.15) is 0 Å². The van der Waals surface area contributed by atoms with Crippen molar-refractivity contribution in [3.63, 3.8) is 0 Å². The predicted octanol–water partition coefficient (Wildman–Crippen LogP) is 1.56. The van der Waals surface area contributed by atoms with E-state index in [1.807, 2.05) is 6.07 Å². The minimum Gasteiger partial charge on any atom is -0.504 e. The van der Waals surface area contributed by atoms with Crippen LogP contribution in [0.3, 0.4) is 0 Å². The Hall–Kier alpha value is -1.22. The first kappa shape index (κ1) is 9.34. The molecule has 3 nitrogen and oxygen atoms in total. The van der Waals surface area contributed by atoms with E-state index in [-0.39, 0.29) is 11.5 Å². The van der Waals surface area contributed by atoms with E-state index in [1.54, 1.807) is 12.1 Å². The maximum absolute atomic E-state index is 9.36. The maximum atomic E-state index is 9.36. The summed E-state index contributed by atoms with van der Waals surface area (Å²) in [6, 6.07) is 5.10. The van der Waals surface area contributed by atoms with Crippen LogP contribution in [0.15, 0.2) is 18.2 Å². The van der Waals surface area contributed by atoms with Gasteiger partial charge in [0.15, 0.2) is 11.5 Å². The molecule has 0 aromatic heterocycles. The monoisotopic (exact) mass is 193 g/mol. The SMILES string of the molecule is Oc1ccc([C@@H]2CCCNC2)cc1O. The summed E-state index contributed by atoms with van der Waals surface area (Å²) in [7, 11) is 0. The third-order valence-corrected chi connectivity index (χ3v) is 2.77. The molecule has 14 heavy (non-hydrogen) atoms. The smallest absolute Gasteiger partial charge is 0.157 e. The third-order valence-electron chi connectivity index (χ3n) is 2.77. The molecule has 0 unspecified atom stereocenters. The molecule has 1 saturated heterocycles. The Morgan fingerprint density at radius 2 is 2.07 bits per heavy atom. The van der Waals surface area contributed by atoms with Gasteiger partial charge in [0.1, 0.15) is 0 Å². The van der Waals surface area contributed by atoms with E-state index in [0.717, 1.165) is 25.1 Å². The van der Waals surface area contributed by atoms with Gasteiger partial charge in [0, 0.05) is 6.54 Å². The van der Waals surface area contributed by atoms with Gasteiger partial charge in [0.2, 0.25) is 0 Å². The quantitative estimate of drug-likeness (QED) is 0.593. The van der Waals surface area contributed by atoms with E-state index >= 15 is 0 Å². The lowest BCUT2D eigenvalue weighted by atomic mass is 9.91. The van der Waals surface area contributed by atoms with Gasteiger partial charge in [-0.15, -0.1) is 0 Å². The Morgan fingerprint density at radius 3 is 2.71 bits per heavy atom. The van der Waals surface area contributed by atoms with Gasteiger partial charge in [-0.1, -0.05) is 6.07 Å². The zero-order valence-electron chi connectivity index (χ0n) is 8.03. The molecule has 3 heteroatoms. The van der Waals surface area contributed by atoms with Gasteiger partial charge in [0.25, 0.3) is 0 Å². The minimum absolute atomic E-state index is 0.0203. The number of aromatic hydroxyl groups is 2. The first-order valence-corrected chi connectivity index (χ1v) is 5.00. The van der Waals surface area contributed by atoms with E-state index in [2.05, 4.69) is 5.32 Å². The molecule has 0 radical (unpaired) electrons. The number of benzene rings is 1. The van der Waals surface area contributed by atoms with Crippen molar-refractivity contribution in [3.8, 4) is 11.5 Å². The minimum atomic E-state index is -0.0440. The molecule has 76 valence electrons. The zero-order chi connectivity index (χ0) is 9.97. The van der Waals surface area contributed by atoms with Crippen molar-refractivity contribution >= 4 is 0 Å². The van der Waals surface area contributed by atoms with Crippen molar-refractivity contribution in [2.24, 2.45) is 0 Å². The van der Waals surface area contributed by atoms with Crippen LogP contribution in [-0.4, -0.2) is 23.3 Å². The van der Waals surface area contributed by atoms with Crippen molar-refractivity contribution in [1.29, 1.82) is 0 Å². The Labute approximate surface area is 83.4 Å². The van der Waals surface area contributed by atoms with Gasteiger partial charge in [-0.25, -0.2) is 0 Å². The molecule has 3 N–H and O–H groups in total. The van der Waals surface area contributed by atoms with Crippen LogP contribution < -0.4 is 5.32 Å². The fourth-order valence-corrected chi connectivity index (χ4v) is 1.93. The average Bonchev–Trinajstić information content (AvgIpc) is 2.23. The van der Waals surface area contributed by atoms with Crippen LogP contribution in [0.25, 0.3) is 0 Å². The van der Waals surface area contributed by atoms with E-state index < -0.39 is 0 Å². The van der Waals surface area contributed by atoms with E-state index in [4.69, 9.17) is 0 Å². The van der Waals surface area contributed by atoms with Crippen molar-refractivity contribution < 1.29 is 10.2 Å². The van der Waals surface area contributed by atoms with Gasteiger partial charge >= 0.3 is 0 Å². The van der Waals surface area contributed by atoms with Crippen LogP contribution in [-0.2, 0) is 0 Å². The molecule has 1 atom stereocenters. The topological polar surface area (TPSA) is 52.5 Å². The van der Waals surface area contributed by atoms with Crippen LogP contribution in [0.4, 0.5) is 0 Å². The number of rotatable bonds is 1. The third kappa shape index (κ3) is 1.82. The van der Waals surface area contributed by atoms with Gasteiger partial charge in [-0.05, 0) is 43.0 Å². The second-order valence-corrected chi connectivity index (χ2v) is 3.79. The molecule has 1 aromatic carbocycles. The van der Waals surface area contributed by atoms with Gasteiger partial charge < -0.3 is 15.5 Å². The molecule has 0 bridgehead atoms. The summed E-state index contributed by atoms with van der Waals surface area (Å²) in [5.74, 6) is 0.404. The fourth-order valence-electron chi connectivity index (χ4n) is 1.93. The summed E-state index contributed by atoms with van der Waals surface area (Å²) in [5.41, 5.74) is 1.10. The van der Waals surface area contributed by atoms with Crippen LogP contribution in [0.2, 0.25) is 0 Å². The number of piperidine rings is 1. The Balaban J connectivity index is 2.18. The molecule has 1 aliphatic heterocycles. The van der Waals surface area contributed by atoms with E-state index in [1.165, 1.54) is 6.42 Å². The zero-order valence-corrected chi connectivity index (χ0v) is 8.03. The number of nitrogens with one attached hydrogen (secondary N) is 1. The number of hydrogen-bond acceptors (Lipinski definition) is 3. The highest BCUT2D eigenvalue weighted by Crippen LogP contribution is 2.30. The molecule has 0 saturated carbocycles. The van der Waals surface area contributed by atoms with Crippen LogP contribution in [0.5, 0.6) is 11.5 Å². The molecule has 1 aromatic rings. The molecular weight excluding hydrogens is 178 g/mol. The van der Waals surface area contributed by atoms with Gasteiger partial charge in [0.05, 0.1) is 0 Å². The van der Waals surface area contributed by atoms with Crippen LogP contribution >= 0.6 is 0 Å². The van der Waals surface area contributed by atoms with E-state index in [9.17, 15) is 10.2 Å². The second kappa shape index (κ2) is 3.88. The first-order chi connectivity index (χ1) is 6.77. The Bertz CT molecular complexity index is 319. The van der Waals surface area contributed by atoms with E-state index in [0.29, 0.717) is 5.92 Å². The molecule has 1 fully saturated rings. The Kier molecular flexibility index (Phi) is 2.59. The molecule has 1 aliphatic rings. The first-order valence-electron chi connectivity index (χ1n) is 5.00. The van der Waals surface area contributed by atoms with Crippen molar-refractivity contribution in [1.82, 2.24) is 5.32 Å². The predicted molar refractivity (Wildman–Crippen MR) is 54.6 cm³/mol. The lowest BCUT2D eigenvalue weighted by molar-refractivity contribution is 0.400. The standard InChI is InChI=1S/C11H15NO2/c13-10-4-3-8(6-11(10)14)9-2-1-5-12-7-9/h3-4,6,9,12-14H,1-2,5,7H2/t9-/m1/s1. The van der Waals surface area contributed by atoms with Gasteiger partial charge in [-0.3, -0.25) is 0 Å². The van der Waals surface area contributed by atoms with Crippen LogP contribution in [0.1, 0.15) is 24.3 Å². The van der Waals surface area contributed by atoms with Crippen LogP contribution in [0, 0.1) is 0 Å². The molecule has 2 rings (SSSR count). The lowest BCUT2D eigenvalue weighted by Gasteiger charge is -2.23. The summed E-state index contributed by atoms with van der Waals surface area (Å²) in [5, 5.41) is 21.9. The highest BCUT2D eigenvalue weighted by Gasteiger charge is 2.15. The largest absolute Gasteiger partial charge is 0.504 e.